The summed E-state index contributed by atoms with van der Waals surface area (Å²) in [5, 5.41) is 11.0. The average molecular weight is 250 g/mol. The molecule has 0 radical (unpaired) electrons. The highest BCUT2D eigenvalue weighted by atomic mass is 15.1. The van der Waals surface area contributed by atoms with Crippen molar-refractivity contribution >= 4 is 0 Å². The number of H-pyrrole nitrogens is 1. The molecule has 0 atom stereocenters. The van der Waals surface area contributed by atoms with Gasteiger partial charge in [-0.2, -0.15) is 5.10 Å². The third-order valence-corrected chi connectivity index (χ3v) is 3.98. The van der Waals surface area contributed by atoms with E-state index in [0.29, 0.717) is 6.04 Å². The van der Waals surface area contributed by atoms with Gasteiger partial charge in [0.15, 0.2) is 0 Å². The van der Waals surface area contributed by atoms with Crippen LogP contribution in [-0.2, 0) is 6.54 Å². The van der Waals surface area contributed by atoms with Gasteiger partial charge in [0.1, 0.15) is 0 Å². The van der Waals surface area contributed by atoms with Crippen molar-refractivity contribution < 1.29 is 0 Å². The van der Waals surface area contributed by atoms with Crippen molar-refractivity contribution in [3.63, 3.8) is 0 Å². The summed E-state index contributed by atoms with van der Waals surface area (Å²) in [4.78, 5) is 2.58. The van der Waals surface area contributed by atoms with E-state index in [4.69, 9.17) is 0 Å². The van der Waals surface area contributed by atoms with E-state index in [0.717, 1.165) is 12.2 Å². The maximum Gasteiger partial charge on any atom is 0.0638 e. The quantitative estimate of drug-likeness (QED) is 0.840. The maximum atomic E-state index is 4.24. The van der Waals surface area contributed by atoms with Gasteiger partial charge >= 0.3 is 0 Å². The molecular formula is C14H26N4. The highest BCUT2D eigenvalue weighted by Crippen LogP contribution is 2.13. The van der Waals surface area contributed by atoms with Gasteiger partial charge < -0.3 is 10.2 Å². The number of hydrogen-bond acceptors (Lipinski definition) is 3. The molecule has 0 bridgehead atoms. The Morgan fingerprint density at radius 1 is 1.33 bits per heavy atom. The zero-order valence-electron chi connectivity index (χ0n) is 11.9. The SMILES string of the molecule is CCCN1CCC(NCc2c(C)n[nH]c2C)CC1. The lowest BCUT2D eigenvalue weighted by Crippen LogP contribution is -2.42. The van der Waals surface area contributed by atoms with Crippen LogP contribution in [0.25, 0.3) is 0 Å². The molecule has 1 saturated heterocycles. The summed E-state index contributed by atoms with van der Waals surface area (Å²) in [6.07, 6.45) is 3.82. The van der Waals surface area contributed by atoms with Crippen molar-refractivity contribution in [2.75, 3.05) is 19.6 Å². The minimum absolute atomic E-state index is 0.673. The van der Waals surface area contributed by atoms with E-state index in [1.54, 1.807) is 0 Å². The summed E-state index contributed by atoms with van der Waals surface area (Å²) >= 11 is 0. The van der Waals surface area contributed by atoms with Gasteiger partial charge in [0.25, 0.3) is 0 Å². The Balaban J connectivity index is 1.76. The number of nitrogens with one attached hydrogen (secondary N) is 2. The molecule has 0 spiro atoms. The van der Waals surface area contributed by atoms with Gasteiger partial charge in [-0.15, -0.1) is 0 Å². The number of hydrogen-bond donors (Lipinski definition) is 2. The molecule has 0 unspecified atom stereocenters. The van der Waals surface area contributed by atoms with E-state index >= 15 is 0 Å². The minimum Gasteiger partial charge on any atom is -0.310 e. The minimum atomic E-state index is 0.673. The fourth-order valence-electron chi connectivity index (χ4n) is 2.76. The van der Waals surface area contributed by atoms with Crippen LogP contribution < -0.4 is 5.32 Å². The van der Waals surface area contributed by atoms with Crippen LogP contribution in [-0.4, -0.2) is 40.8 Å². The van der Waals surface area contributed by atoms with E-state index in [9.17, 15) is 0 Å². The number of aromatic amines is 1. The van der Waals surface area contributed by atoms with Gasteiger partial charge in [-0.25, -0.2) is 0 Å². The number of rotatable bonds is 5. The molecule has 1 aromatic rings. The standard InChI is InChI=1S/C14H26N4/c1-4-7-18-8-5-13(6-9-18)15-10-14-11(2)16-17-12(14)3/h13,15H,4-10H2,1-3H3,(H,16,17). The van der Waals surface area contributed by atoms with Crippen LogP contribution in [0.5, 0.6) is 0 Å². The zero-order chi connectivity index (χ0) is 13.0. The molecule has 18 heavy (non-hydrogen) atoms. The van der Waals surface area contributed by atoms with Crippen molar-refractivity contribution in [1.29, 1.82) is 0 Å². The Kier molecular flexibility index (Phi) is 4.78. The highest BCUT2D eigenvalue weighted by Gasteiger charge is 2.18. The van der Waals surface area contributed by atoms with E-state index in [-0.39, 0.29) is 0 Å². The molecule has 102 valence electrons. The van der Waals surface area contributed by atoms with E-state index in [2.05, 4.69) is 41.2 Å². The zero-order valence-corrected chi connectivity index (χ0v) is 11.9. The smallest absolute Gasteiger partial charge is 0.0638 e. The van der Waals surface area contributed by atoms with Gasteiger partial charge in [0.2, 0.25) is 0 Å². The van der Waals surface area contributed by atoms with Crippen molar-refractivity contribution in [3.05, 3.63) is 17.0 Å². The molecule has 4 nitrogen and oxygen atoms in total. The van der Waals surface area contributed by atoms with E-state index in [1.807, 2.05) is 0 Å². The molecule has 1 aromatic heterocycles. The van der Waals surface area contributed by atoms with Crippen molar-refractivity contribution in [1.82, 2.24) is 20.4 Å². The number of nitrogens with zero attached hydrogens (tertiary/aromatic N) is 2. The number of likely N-dealkylation sites (tertiary alicyclic amines) is 1. The highest BCUT2D eigenvalue weighted by molar-refractivity contribution is 5.22. The largest absolute Gasteiger partial charge is 0.310 e. The fourth-order valence-corrected chi connectivity index (χ4v) is 2.76. The first kappa shape index (κ1) is 13.6. The molecule has 0 saturated carbocycles. The average Bonchev–Trinajstić information content (AvgIpc) is 2.69. The van der Waals surface area contributed by atoms with Gasteiger partial charge in [0.05, 0.1) is 5.69 Å². The Bertz CT molecular complexity index is 344. The summed E-state index contributed by atoms with van der Waals surface area (Å²) in [5.41, 5.74) is 3.66. The molecular weight excluding hydrogens is 224 g/mol. The number of piperidine rings is 1. The molecule has 1 aliphatic heterocycles. The molecule has 1 aliphatic rings. The molecule has 2 N–H and O–H groups in total. The first-order chi connectivity index (χ1) is 8.70. The Morgan fingerprint density at radius 2 is 2.06 bits per heavy atom. The van der Waals surface area contributed by atoms with E-state index in [1.165, 1.54) is 50.2 Å². The van der Waals surface area contributed by atoms with Crippen molar-refractivity contribution in [3.8, 4) is 0 Å². The van der Waals surface area contributed by atoms with Crippen LogP contribution in [0.1, 0.15) is 43.1 Å². The molecule has 0 amide bonds. The van der Waals surface area contributed by atoms with Gasteiger partial charge in [-0.1, -0.05) is 6.92 Å². The lowest BCUT2D eigenvalue weighted by Gasteiger charge is -2.32. The first-order valence-electron chi connectivity index (χ1n) is 7.17. The third kappa shape index (κ3) is 3.33. The number of aromatic nitrogens is 2. The van der Waals surface area contributed by atoms with Crippen LogP contribution in [0.4, 0.5) is 0 Å². The van der Waals surface area contributed by atoms with Crippen LogP contribution in [0.2, 0.25) is 0 Å². The van der Waals surface area contributed by atoms with Gasteiger partial charge in [0, 0.05) is 23.8 Å². The monoisotopic (exact) mass is 250 g/mol. The van der Waals surface area contributed by atoms with Crippen LogP contribution in [0, 0.1) is 13.8 Å². The van der Waals surface area contributed by atoms with Gasteiger partial charge in [-0.3, -0.25) is 5.10 Å². The Labute approximate surface area is 110 Å². The summed E-state index contributed by atoms with van der Waals surface area (Å²) in [6, 6.07) is 0.673. The van der Waals surface area contributed by atoms with Gasteiger partial charge in [-0.05, 0) is 52.7 Å². The molecule has 0 aromatic carbocycles. The topological polar surface area (TPSA) is 44.0 Å². The molecule has 0 aliphatic carbocycles. The predicted molar refractivity (Wildman–Crippen MR) is 74.7 cm³/mol. The first-order valence-corrected chi connectivity index (χ1v) is 7.17. The fraction of sp³-hybridized carbons (Fsp3) is 0.786. The Hall–Kier alpha value is -0.870. The maximum absolute atomic E-state index is 4.24. The molecule has 4 heteroatoms. The summed E-state index contributed by atoms with van der Waals surface area (Å²) in [6.45, 7) is 11.1. The summed E-state index contributed by atoms with van der Waals surface area (Å²) in [7, 11) is 0. The van der Waals surface area contributed by atoms with Crippen LogP contribution >= 0.6 is 0 Å². The second kappa shape index (κ2) is 6.34. The molecule has 2 rings (SSSR count). The van der Waals surface area contributed by atoms with Crippen molar-refractivity contribution in [2.24, 2.45) is 0 Å². The second-order valence-electron chi connectivity index (χ2n) is 5.41. The van der Waals surface area contributed by atoms with Crippen LogP contribution in [0.15, 0.2) is 0 Å². The van der Waals surface area contributed by atoms with E-state index < -0.39 is 0 Å². The Morgan fingerprint density at radius 3 is 2.61 bits per heavy atom. The van der Waals surface area contributed by atoms with Crippen molar-refractivity contribution in [2.45, 2.75) is 52.6 Å². The third-order valence-electron chi connectivity index (χ3n) is 3.98. The molecule has 1 fully saturated rings. The molecule has 2 heterocycles. The lowest BCUT2D eigenvalue weighted by atomic mass is 10.0. The normalized spacial score (nSPS) is 18.4. The summed E-state index contributed by atoms with van der Waals surface area (Å²) in [5.74, 6) is 0. The number of aryl methyl sites for hydroxylation is 2. The van der Waals surface area contributed by atoms with Crippen LogP contribution in [0.3, 0.4) is 0 Å². The lowest BCUT2D eigenvalue weighted by molar-refractivity contribution is 0.197. The second-order valence-corrected chi connectivity index (χ2v) is 5.41. The summed E-state index contributed by atoms with van der Waals surface area (Å²) < 4.78 is 0. The predicted octanol–water partition coefficient (Wildman–Crippen LogP) is 1.99.